The lowest BCUT2D eigenvalue weighted by atomic mass is 9.81. The zero-order chi connectivity index (χ0) is 31.7. The van der Waals surface area contributed by atoms with Crippen molar-refractivity contribution < 1.29 is 36.2 Å². The Kier molecular flexibility index (Phi) is 9.13. The van der Waals surface area contributed by atoms with E-state index in [1.54, 1.807) is 0 Å². The molecule has 4 rings (SSSR count). The van der Waals surface area contributed by atoms with Gasteiger partial charge in [0.05, 0.1) is 35.0 Å². The molecule has 1 aliphatic rings. The molecular formula is C31H34F6N4O2. The molecular weight excluding hydrogens is 574 g/mol. The first-order valence-electron chi connectivity index (χ1n) is 13.8. The van der Waals surface area contributed by atoms with Crippen molar-refractivity contribution in [2.45, 2.75) is 38.5 Å². The number of anilines is 2. The predicted molar refractivity (Wildman–Crippen MR) is 153 cm³/mol. The summed E-state index contributed by atoms with van der Waals surface area (Å²) in [6, 6.07) is 10.6. The number of rotatable bonds is 7. The molecule has 1 amide bonds. The Morgan fingerprint density at radius 1 is 0.884 bits per heavy atom. The smallest absolute Gasteiger partial charge is 0.395 e. The average molecular weight is 609 g/mol. The number of halogens is 6. The van der Waals surface area contributed by atoms with Crippen LogP contribution in [0.25, 0.3) is 11.1 Å². The number of aliphatic hydroxyl groups excluding tert-OH is 1. The Labute approximate surface area is 246 Å². The third-order valence-corrected chi connectivity index (χ3v) is 7.93. The number of pyridine rings is 1. The van der Waals surface area contributed by atoms with Crippen LogP contribution in [0.2, 0.25) is 0 Å². The number of hydrogen-bond acceptors (Lipinski definition) is 5. The molecule has 0 radical (unpaired) electrons. The summed E-state index contributed by atoms with van der Waals surface area (Å²) in [4.78, 5) is 24.0. The van der Waals surface area contributed by atoms with Gasteiger partial charge in [-0.05, 0) is 61.7 Å². The van der Waals surface area contributed by atoms with Gasteiger partial charge in [0.1, 0.15) is 5.82 Å². The van der Waals surface area contributed by atoms with Crippen LogP contribution < -0.4 is 9.80 Å². The summed E-state index contributed by atoms with van der Waals surface area (Å²) in [6.07, 6.45) is -8.57. The molecule has 1 aromatic heterocycles. The quantitative estimate of drug-likeness (QED) is 0.326. The van der Waals surface area contributed by atoms with Crippen molar-refractivity contribution in [2.75, 3.05) is 56.2 Å². The van der Waals surface area contributed by atoms with E-state index >= 15 is 0 Å². The maximum absolute atomic E-state index is 13.9. The van der Waals surface area contributed by atoms with Crippen LogP contribution in [-0.4, -0.2) is 67.3 Å². The van der Waals surface area contributed by atoms with Gasteiger partial charge in [0, 0.05) is 45.3 Å². The number of aliphatic hydroxyl groups is 1. The van der Waals surface area contributed by atoms with Crippen molar-refractivity contribution >= 4 is 17.4 Å². The van der Waals surface area contributed by atoms with Gasteiger partial charge in [-0.15, -0.1) is 0 Å². The minimum atomic E-state index is -5.04. The molecule has 2 heterocycles. The molecule has 0 unspecified atom stereocenters. The van der Waals surface area contributed by atoms with Crippen LogP contribution >= 0.6 is 0 Å². The van der Waals surface area contributed by atoms with Crippen LogP contribution in [0.3, 0.4) is 0 Å². The standard InChI is InChI=1S/C31H34F6N4O2/c1-20-7-5-6-8-24(20)25-18-27(41-11-9-40(10-12-41)13-14-42)38-19-26(25)39(4)28(43)29(2,3)21-15-22(30(32,33)34)17-23(16-21)31(35,36)37/h5-8,15-19,42H,9-14H2,1-4H3. The fourth-order valence-electron chi connectivity index (χ4n) is 5.28. The number of carbonyl (C=O) groups is 1. The van der Waals surface area contributed by atoms with Crippen molar-refractivity contribution in [3.05, 3.63) is 77.0 Å². The van der Waals surface area contributed by atoms with Crippen molar-refractivity contribution in [3.63, 3.8) is 0 Å². The molecule has 43 heavy (non-hydrogen) atoms. The van der Waals surface area contributed by atoms with Gasteiger partial charge in [0.2, 0.25) is 5.91 Å². The van der Waals surface area contributed by atoms with Gasteiger partial charge in [0.25, 0.3) is 0 Å². The molecule has 12 heteroatoms. The molecule has 0 spiro atoms. The molecule has 0 bridgehead atoms. The molecule has 0 aliphatic carbocycles. The molecule has 1 fully saturated rings. The number of hydrogen-bond donors (Lipinski definition) is 1. The molecule has 0 saturated carbocycles. The molecule has 1 N–H and O–H groups in total. The Morgan fingerprint density at radius 3 is 1.98 bits per heavy atom. The second-order valence-corrected chi connectivity index (χ2v) is 11.2. The van der Waals surface area contributed by atoms with E-state index in [1.165, 1.54) is 32.0 Å². The van der Waals surface area contributed by atoms with Crippen LogP contribution in [0.1, 0.15) is 36.1 Å². The molecule has 2 aromatic carbocycles. The highest BCUT2D eigenvalue weighted by molar-refractivity contribution is 6.03. The van der Waals surface area contributed by atoms with Crippen molar-refractivity contribution in [1.82, 2.24) is 9.88 Å². The normalized spacial score (nSPS) is 15.1. The van der Waals surface area contributed by atoms with Crippen LogP contribution in [0, 0.1) is 6.92 Å². The van der Waals surface area contributed by atoms with Crippen molar-refractivity contribution in [3.8, 4) is 11.1 Å². The molecule has 0 atom stereocenters. The zero-order valence-electron chi connectivity index (χ0n) is 24.4. The van der Waals surface area contributed by atoms with Gasteiger partial charge in [-0.1, -0.05) is 24.3 Å². The number of benzene rings is 2. The van der Waals surface area contributed by atoms with Gasteiger partial charge < -0.3 is 14.9 Å². The summed E-state index contributed by atoms with van der Waals surface area (Å²) >= 11 is 0. The molecule has 232 valence electrons. The van der Waals surface area contributed by atoms with Gasteiger partial charge in [0.15, 0.2) is 0 Å². The highest BCUT2D eigenvalue weighted by atomic mass is 19.4. The van der Waals surface area contributed by atoms with E-state index in [9.17, 15) is 36.2 Å². The lowest BCUT2D eigenvalue weighted by Gasteiger charge is -2.36. The Morgan fingerprint density at radius 2 is 1.44 bits per heavy atom. The predicted octanol–water partition coefficient (Wildman–Crippen LogP) is 6.15. The van der Waals surface area contributed by atoms with Gasteiger partial charge in [-0.2, -0.15) is 26.3 Å². The molecule has 1 saturated heterocycles. The number of aromatic nitrogens is 1. The Hall–Kier alpha value is -3.64. The average Bonchev–Trinajstić information content (AvgIpc) is 2.96. The summed E-state index contributed by atoms with van der Waals surface area (Å²) in [7, 11) is 1.44. The van der Waals surface area contributed by atoms with Gasteiger partial charge in [-0.25, -0.2) is 4.98 Å². The summed E-state index contributed by atoms with van der Waals surface area (Å²) in [5, 5.41) is 9.25. The summed E-state index contributed by atoms with van der Waals surface area (Å²) in [5.74, 6) is -0.0413. The number of carbonyl (C=O) groups excluding carboxylic acids is 1. The van der Waals surface area contributed by atoms with Gasteiger partial charge in [-0.3, -0.25) is 9.69 Å². The Bertz CT molecular complexity index is 1430. The number of nitrogens with zero attached hydrogens (tertiary/aromatic N) is 4. The lowest BCUT2D eigenvalue weighted by Crippen LogP contribution is -2.47. The maximum Gasteiger partial charge on any atom is 0.416 e. The van der Waals surface area contributed by atoms with Crippen molar-refractivity contribution in [2.24, 2.45) is 0 Å². The number of amides is 1. The van der Waals surface area contributed by atoms with Crippen LogP contribution in [0.4, 0.5) is 37.8 Å². The van der Waals surface area contributed by atoms with Crippen LogP contribution in [0.5, 0.6) is 0 Å². The SMILES string of the molecule is Cc1ccccc1-c1cc(N2CCN(CCO)CC2)ncc1N(C)C(=O)C(C)(C)c1cc(C(F)(F)F)cc(C(F)(F)F)c1. The number of alkyl halides is 6. The van der Waals surface area contributed by atoms with E-state index in [0.717, 1.165) is 24.2 Å². The summed E-state index contributed by atoms with van der Waals surface area (Å²) in [6.45, 7) is 7.95. The number of β-amino-alcohol motifs (C(OH)–C–C–N with tert-alkyl or cyclic N) is 1. The topological polar surface area (TPSA) is 59.9 Å². The first-order chi connectivity index (χ1) is 20.0. The third-order valence-electron chi connectivity index (χ3n) is 7.93. The minimum absolute atomic E-state index is 0.0519. The highest BCUT2D eigenvalue weighted by Gasteiger charge is 2.41. The summed E-state index contributed by atoms with van der Waals surface area (Å²) < 4.78 is 81.5. The van der Waals surface area contributed by atoms with E-state index in [0.29, 0.717) is 48.8 Å². The van der Waals surface area contributed by atoms with Gasteiger partial charge >= 0.3 is 12.4 Å². The lowest BCUT2D eigenvalue weighted by molar-refractivity contribution is -0.143. The monoisotopic (exact) mass is 608 g/mol. The maximum atomic E-state index is 13.9. The van der Waals surface area contributed by atoms with E-state index in [4.69, 9.17) is 0 Å². The van der Waals surface area contributed by atoms with Crippen LogP contribution in [0.15, 0.2) is 54.7 Å². The second kappa shape index (κ2) is 12.2. The van der Waals surface area contributed by atoms with E-state index < -0.39 is 40.4 Å². The molecule has 1 aliphatic heterocycles. The highest BCUT2D eigenvalue weighted by Crippen LogP contribution is 2.41. The largest absolute Gasteiger partial charge is 0.416 e. The molecule has 3 aromatic rings. The van der Waals surface area contributed by atoms with Crippen LogP contribution in [-0.2, 0) is 22.6 Å². The number of likely N-dealkylation sites (N-methyl/N-ethyl adjacent to an activating group) is 1. The zero-order valence-corrected chi connectivity index (χ0v) is 24.4. The van der Waals surface area contributed by atoms with E-state index in [-0.39, 0.29) is 12.7 Å². The summed E-state index contributed by atoms with van der Waals surface area (Å²) in [5.41, 5.74) is -2.42. The third kappa shape index (κ3) is 6.96. The van der Waals surface area contributed by atoms with E-state index in [1.807, 2.05) is 37.3 Å². The first kappa shape index (κ1) is 32.3. The Balaban J connectivity index is 1.76. The van der Waals surface area contributed by atoms with Crippen molar-refractivity contribution in [1.29, 1.82) is 0 Å². The second-order valence-electron chi connectivity index (χ2n) is 11.2. The number of aryl methyl sites for hydroxylation is 1. The van der Waals surface area contributed by atoms with E-state index in [2.05, 4.69) is 14.8 Å². The fourth-order valence-corrected chi connectivity index (χ4v) is 5.28. The first-order valence-corrected chi connectivity index (χ1v) is 13.8. The minimum Gasteiger partial charge on any atom is -0.395 e. The molecule has 6 nitrogen and oxygen atoms in total. The fraction of sp³-hybridized carbons (Fsp3) is 0.419. The number of piperazine rings is 1.